The van der Waals surface area contributed by atoms with Crippen molar-refractivity contribution >= 4 is 5.97 Å². The molecule has 100 valence electrons. The van der Waals surface area contributed by atoms with Crippen LogP contribution in [0.4, 0.5) is 0 Å². The number of aliphatic carboxylic acids is 1. The van der Waals surface area contributed by atoms with Crippen molar-refractivity contribution in [3.63, 3.8) is 0 Å². The summed E-state index contributed by atoms with van der Waals surface area (Å²) in [6.45, 7) is 3.74. The van der Waals surface area contributed by atoms with E-state index in [1.165, 1.54) is 6.42 Å². The van der Waals surface area contributed by atoms with E-state index in [9.17, 15) is 15.0 Å². The van der Waals surface area contributed by atoms with Crippen molar-refractivity contribution in [2.24, 2.45) is 0 Å². The van der Waals surface area contributed by atoms with Gasteiger partial charge in [0.25, 0.3) is 0 Å². The molecule has 0 radical (unpaired) electrons. The normalized spacial score (nSPS) is 23.0. The minimum Gasteiger partial charge on any atom is -0.480 e. The molecule has 3 N–H and O–H groups in total. The summed E-state index contributed by atoms with van der Waals surface area (Å²) in [5, 5.41) is 22.2. The van der Waals surface area contributed by atoms with E-state index in [0.29, 0.717) is 6.42 Å². The third-order valence-corrected chi connectivity index (χ3v) is 3.88. The molecule has 0 aromatic rings. The van der Waals surface area contributed by atoms with Crippen molar-refractivity contribution in [2.75, 3.05) is 6.61 Å². The Labute approximate surface area is 103 Å². The minimum absolute atomic E-state index is 0.0274. The van der Waals surface area contributed by atoms with Gasteiger partial charge >= 0.3 is 5.97 Å². The van der Waals surface area contributed by atoms with Gasteiger partial charge in [0.2, 0.25) is 0 Å². The molecular weight excluding hydrogens is 218 g/mol. The highest BCUT2D eigenvalue weighted by Gasteiger charge is 2.41. The van der Waals surface area contributed by atoms with E-state index in [2.05, 4.69) is 5.32 Å². The second kappa shape index (κ2) is 5.83. The standard InChI is InChI=1S/C13H25NO3/c1-3-7-12(2,11(16)17)14-13(10-15)8-5-4-6-9-13/h14-15H,3-10H2,1-2H3,(H,16,17). The Hall–Kier alpha value is -0.610. The van der Waals surface area contributed by atoms with Crippen LogP contribution >= 0.6 is 0 Å². The van der Waals surface area contributed by atoms with Gasteiger partial charge in [-0.1, -0.05) is 32.6 Å². The maximum atomic E-state index is 11.4. The zero-order valence-corrected chi connectivity index (χ0v) is 11.0. The SMILES string of the molecule is CCCC(C)(NC1(CO)CCCCC1)C(=O)O. The molecule has 0 aromatic heterocycles. The fourth-order valence-corrected chi connectivity index (χ4v) is 2.86. The third kappa shape index (κ3) is 3.42. The molecule has 0 saturated heterocycles. The Balaban J connectivity index is 2.79. The molecule has 1 aliphatic carbocycles. The molecule has 0 bridgehead atoms. The maximum absolute atomic E-state index is 11.4. The van der Waals surface area contributed by atoms with Crippen molar-refractivity contribution in [2.45, 2.75) is 69.9 Å². The lowest BCUT2D eigenvalue weighted by atomic mass is 9.79. The topological polar surface area (TPSA) is 69.6 Å². The van der Waals surface area contributed by atoms with Crippen LogP contribution in [0.25, 0.3) is 0 Å². The molecule has 0 aromatic carbocycles. The molecule has 4 heteroatoms. The number of aliphatic hydroxyl groups excluding tert-OH is 1. The van der Waals surface area contributed by atoms with Gasteiger partial charge in [-0.25, -0.2) is 0 Å². The van der Waals surface area contributed by atoms with Crippen LogP contribution in [0.3, 0.4) is 0 Å². The van der Waals surface area contributed by atoms with Crippen LogP contribution in [-0.2, 0) is 4.79 Å². The molecule has 1 fully saturated rings. The molecule has 1 rings (SSSR count). The summed E-state index contributed by atoms with van der Waals surface area (Å²) < 4.78 is 0. The molecule has 0 aliphatic heterocycles. The lowest BCUT2D eigenvalue weighted by Crippen LogP contribution is -2.62. The van der Waals surface area contributed by atoms with E-state index in [1.54, 1.807) is 6.92 Å². The van der Waals surface area contributed by atoms with Crippen LogP contribution in [0.15, 0.2) is 0 Å². The monoisotopic (exact) mass is 243 g/mol. The van der Waals surface area contributed by atoms with E-state index in [0.717, 1.165) is 32.1 Å². The summed E-state index contributed by atoms with van der Waals surface area (Å²) >= 11 is 0. The Morgan fingerprint density at radius 1 is 1.35 bits per heavy atom. The van der Waals surface area contributed by atoms with Gasteiger partial charge in [0.15, 0.2) is 0 Å². The summed E-state index contributed by atoms with van der Waals surface area (Å²) in [6.07, 6.45) is 6.46. The van der Waals surface area contributed by atoms with E-state index in [-0.39, 0.29) is 12.1 Å². The largest absolute Gasteiger partial charge is 0.480 e. The second-order valence-corrected chi connectivity index (χ2v) is 5.51. The summed E-state index contributed by atoms with van der Waals surface area (Å²) in [6, 6.07) is 0. The first-order valence-corrected chi connectivity index (χ1v) is 6.62. The summed E-state index contributed by atoms with van der Waals surface area (Å²) in [4.78, 5) is 11.4. The molecule has 1 unspecified atom stereocenters. The fourth-order valence-electron chi connectivity index (χ4n) is 2.86. The van der Waals surface area contributed by atoms with Crippen LogP contribution in [0.1, 0.15) is 58.8 Å². The molecule has 17 heavy (non-hydrogen) atoms. The van der Waals surface area contributed by atoms with E-state index in [1.807, 2.05) is 6.92 Å². The van der Waals surface area contributed by atoms with Crippen LogP contribution in [0.2, 0.25) is 0 Å². The van der Waals surface area contributed by atoms with Gasteiger partial charge in [-0.15, -0.1) is 0 Å². The number of carboxylic acids is 1. The van der Waals surface area contributed by atoms with Gasteiger partial charge in [-0.05, 0) is 26.2 Å². The first-order chi connectivity index (χ1) is 7.98. The van der Waals surface area contributed by atoms with E-state index in [4.69, 9.17) is 0 Å². The zero-order valence-electron chi connectivity index (χ0n) is 11.0. The average molecular weight is 243 g/mol. The number of aliphatic hydroxyl groups is 1. The number of nitrogens with one attached hydrogen (secondary N) is 1. The Kier molecular flexibility index (Phi) is 4.95. The summed E-state index contributed by atoms with van der Waals surface area (Å²) in [5.74, 6) is -0.822. The lowest BCUT2D eigenvalue weighted by molar-refractivity contribution is -0.146. The van der Waals surface area contributed by atoms with Crippen molar-refractivity contribution in [1.82, 2.24) is 5.32 Å². The Bertz CT molecular complexity index is 261. The molecule has 0 heterocycles. The molecular formula is C13H25NO3. The predicted octanol–water partition coefficient (Wildman–Crippen LogP) is 1.91. The lowest BCUT2D eigenvalue weighted by Gasteiger charge is -2.43. The average Bonchev–Trinajstić information content (AvgIpc) is 2.30. The first kappa shape index (κ1) is 14.5. The highest BCUT2D eigenvalue weighted by Crippen LogP contribution is 2.31. The number of hydrogen-bond donors (Lipinski definition) is 3. The highest BCUT2D eigenvalue weighted by molar-refractivity contribution is 5.78. The van der Waals surface area contributed by atoms with Crippen LogP contribution in [0, 0.1) is 0 Å². The number of rotatable bonds is 6. The predicted molar refractivity (Wildman–Crippen MR) is 67.0 cm³/mol. The van der Waals surface area contributed by atoms with Gasteiger partial charge in [0, 0.05) is 5.54 Å². The molecule has 0 amide bonds. The molecule has 1 aliphatic rings. The molecule has 4 nitrogen and oxygen atoms in total. The van der Waals surface area contributed by atoms with Crippen LogP contribution in [-0.4, -0.2) is 33.9 Å². The number of hydrogen-bond acceptors (Lipinski definition) is 3. The van der Waals surface area contributed by atoms with Crippen molar-refractivity contribution in [3.8, 4) is 0 Å². The quantitative estimate of drug-likeness (QED) is 0.666. The molecule has 1 saturated carbocycles. The van der Waals surface area contributed by atoms with E-state index < -0.39 is 11.5 Å². The van der Waals surface area contributed by atoms with Gasteiger partial charge in [-0.3, -0.25) is 10.1 Å². The fraction of sp³-hybridized carbons (Fsp3) is 0.923. The first-order valence-electron chi connectivity index (χ1n) is 6.62. The van der Waals surface area contributed by atoms with E-state index >= 15 is 0 Å². The maximum Gasteiger partial charge on any atom is 0.323 e. The highest BCUT2D eigenvalue weighted by atomic mass is 16.4. The van der Waals surface area contributed by atoms with Gasteiger partial charge in [0.05, 0.1) is 6.61 Å². The second-order valence-electron chi connectivity index (χ2n) is 5.51. The van der Waals surface area contributed by atoms with Gasteiger partial charge in [-0.2, -0.15) is 0 Å². The molecule has 0 spiro atoms. The Morgan fingerprint density at radius 2 is 1.94 bits per heavy atom. The molecule has 1 atom stereocenters. The summed E-state index contributed by atoms with van der Waals surface area (Å²) in [7, 11) is 0. The van der Waals surface area contributed by atoms with Crippen molar-refractivity contribution in [3.05, 3.63) is 0 Å². The number of carboxylic acid groups (broad SMARTS) is 1. The summed E-state index contributed by atoms with van der Waals surface area (Å²) in [5.41, 5.74) is -1.31. The van der Waals surface area contributed by atoms with Crippen LogP contribution < -0.4 is 5.32 Å². The van der Waals surface area contributed by atoms with Crippen molar-refractivity contribution < 1.29 is 15.0 Å². The van der Waals surface area contributed by atoms with Crippen molar-refractivity contribution in [1.29, 1.82) is 0 Å². The smallest absolute Gasteiger partial charge is 0.323 e. The van der Waals surface area contributed by atoms with Gasteiger partial charge in [0.1, 0.15) is 5.54 Å². The van der Waals surface area contributed by atoms with Gasteiger partial charge < -0.3 is 10.2 Å². The van der Waals surface area contributed by atoms with Crippen LogP contribution in [0.5, 0.6) is 0 Å². The Morgan fingerprint density at radius 3 is 2.35 bits per heavy atom. The third-order valence-electron chi connectivity index (χ3n) is 3.88. The number of carbonyl (C=O) groups is 1. The minimum atomic E-state index is -0.922. The zero-order chi connectivity index (χ0) is 12.9.